The monoisotopic (exact) mass is 449 g/mol. The van der Waals surface area contributed by atoms with Crippen LogP contribution in [-0.4, -0.2) is 35.6 Å². The molecule has 2 heterocycles. The fourth-order valence-electron chi connectivity index (χ4n) is 4.30. The molecular formula is C27H35N3O3. The smallest absolute Gasteiger partial charge is 0.388 e. The van der Waals surface area contributed by atoms with Crippen molar-refractivity contribution in [1.29, 1.82) is 0 Å². The second-order valence-corrected chi connectivity index (χ2v) is 10.5. The summed E-state index contributed by atoms with van der Waals surface area (Å²) in [7, 11) is 0. The van der Waals surface area contributed by atoms with E-state index >= 15 is 0 Å². The summed E-state index contributed by atoms with van der Waals surface area (Å²) in [6.45, 7) is 12.1. The van der Waals surface area contributed by atoms with Crippen molar-refractivity contribution in [3.63, 3.8) is 0 Å². The third-order valence-electron chi connectivity index (χ3n) is 6.59. The lowest BCUT2D eigenvalue weighted by atomic mass is 9.86. The van der Waals surface area contributed by atoms with Crippen molar-refractivity contribution in [2.45, 2.75) is 70.8 Å². The number of nitrogens with one attached hydrogen (secondary N) is 1. The minimum Gasteiger partial charge on any atom is -0.388 e. The molecule has 0 saturated carbocycles. The molecule has 0 aliphatic carbocycles. The Balaban J connectivity index is 1.26. The van der Waals surface area contributed by atoms with Crippen LogP contribution in [0.2, 0.25) is 0 Å². The highest BCUT2D eigenvalue weighted by atomic mass is 16.7. The summed E-state index contributed by atoms with van der Waals surface area (Å²) in [5, 5.41) is 8.93. The second-order valence-electron chi connectivity index (χ2n) is 10.5. The van der Waals surface area contributed by atoms with E-state index in [1.54, 1.807) is 5.06 Å². The van der Waals surface area contributed by atoms with Crippen LogP contribution in [0.4, 0.5) is 10.5 Å². The third-order valence-corrected chi connectivity index (χ3v) is 6.59. The van der Waals surface area contributed by atoms with Gasteiger partial charge in [0.05, 0.1) is 5.71 Å². The number of nitrogens with zero attached hydrogens (tertiary/aromatic N) is 2. The lowest BCUT2D eigenvalue weighted by Crippen LogP contribution is -2.45. The predicted molar refractivity (Wildman–Crippen MR) is 132 cm³/mol. The predicted octanol–water partition coefficient (Wildman–Crippen LogP) is 6.23. The van der Waals surface area contributed by atoms with Gasteiger partial charge in [0.15, 0.2) is 0 Å². The summed E-state index contributed by atoms with van der Waals surface area (Å²) < 4.78 is 0. The highest BCUT2D eigenvalue weighted by Gasteiger charge is 2.43. The Morgan fingerprint density at radius 2 is 1.70 bits per heavy atom. The number of oxime groups is 1. The van der Waals surface area contributed by atoms with Crippen LogP contribution < -0.4 is 5.32 Å². The van der Waals surface area contributed by atoms with Gasteiger partial charge in [-0.1, -0.05) is 76.2 Å². The van der Waals surface area contributed by atoms with Gasteiger partial charge in [0, 0.05) is 38.0 Å². The Morgan fingerprint density at radius 3 is 2.27 bits per heavy atom. The van der Waals surface area contributed by atoms with Gasteiger partial charge >= 0.3 is 6.09 Å². The summed E-state index contributed by atoms with van der Waals surface area (Å²) >= 11 is 0. The molecule has 2 aliphatic heterocycles. The average molecular weight is 450 g/mol. The number of hydrogen-bond acceptors (Lipinski definition) is 5. The molecule has 1 fully saturated rings. The van der Waals surface area contributed by atoms with Crippen molar-refractivity contribution in [3.05, 3.63) is 65.2 Å². The maximum absolute atomic E-state index is 12.4. The highest BCUT2D eigenvalue weighted by molar-refractivity contribution is 6.01. The van der Waals surface area contributed by atoms with E-state index in [0.717, 1.165) is 36.2 Å². The summed E-state index contributed by atoms with van der Waals surface area (Å²) in [5.41, 5.74) is 5.15. The van der Waals surface area contributed by atoms with E-state index < -0.39 is 6.09 Å². The van der Waals surface area contributed by atoms with Crippen LogP contribution in [0, 0.1) is 0 Å². The molecule has 0 bridgehead atoms. The van der Waals surface area contributed by atoms with Gasteiger partial charge in [-0.05, 0) is 40.2 Å². The lowest BCUT2D eigenvalue weighted by molar-refractivity contribution is -0.154. The van der Waals surface area contributed by atoms with Crippen molar-refractivity contribution in [2.24, 2.45) is 5.16 Å². The van der Waals surface area contributed by atoms with Gasteiger partial charge in [0.1, 0.15) is 5.60 Å². The molecule has 33 heavy (non-hydrogen) atoms. The van der Waals surface area contributed by atoms with Crippen LogP contribution in [0.25, 0.3) is 0 Å². The maximum Gasteiger partial charge on any atom is 0.430 e. The molecule has 2 aromatic rings. The topological polar surface area (TPSA) is 63.2 Å². The zero-order chi connectivity index (χ0) is 23.6. The van der Waals surface area contributed by atoms with Gasteiger partial charge in [-0.15, -0.1) is 5.06 Å². The van der Waals surface area contributed by atoms with Gasteiger partial charge in [0.25, 0.3) is 0 Å². The number of benzene rings is 2. The van der Waals surface area contributed by atoms with Crippen molar-refractivity contribution in [3.8, 4) is 0 Å². The zero-order valence-electron chi connectivity index (χ0n) is 20.4. The molecule has 0 unspecified atom stereocenters. The number of piperidine rings is 1. The molecule has 1 N–H and O–H groups in total. The molecule has 4 rings (SSSR count). The van der Waals surface area contributed by atoms with Crippen LogP contribution in [0.1, 0.15) is 76.5 Å². The average Bonchev–Trinajstić information content (AvgIpc) is 3.19. The SMILES string of the molecule is CC(C)c1ccc(C2=NOC3(CCN(OC(=O)Nc4ccc(C(C)(C)C)cc4)CC3)C2)cc1. The normalized spacial score (nSPS) is 18.2. The van der Waals surface area contributed by atoms with E-state index in [1.165, 1.54) is 11.1 Å². The molecule has 1 saturated heterocycles. The number of amides is 1. The molecule has 0 aromatic heterocycles. The molecule has 2 aromatic carbocycles. The maximum atomic E-state index is 12.4. The van der Waals surface area contributed by atoms with Crippen molar-refractivity contribution in [1.82, 2.24) is 5.06 Å². The fourth-order valence-corrected chi connectivity index (χ4v) is 4.30. The van der Waals surface area contributed by atoms with Crippen molar-refractivity contribution in [2.75, 3.05) is 18.4 Å². The Bertz CT molecular complexity index is 996. The number of anilines is 1. The van der Waals surface area contributed by atoms with E-state index in [0.29, 0.717) is 19.0 Å². The summed E-state index contributed by atoms with van der Waals surface area (Å²) in [6, 6.07) is 16.5. The van der Waals surface area contributed by atoms with Gasteiger partial charge in [-0.25, -0.2) is 4.79 Å². The van der Waals surface area contributed by atoms with Gasteiger partial charge in [-0.2, -0.15) is 0 Å². The fraction of sp³-hybridized carbons (Fsp3) is 0.481. The van der Waals surface area contributed by atoms with E-state index in [1.807, 2.05) is 24.3 Å². The van der Waals surface area contributed by atoms with Crippen molar-refractivity contribution >= 4 is 17.5 Å². The molecule has 6 heteroatoms. The largest absolute Gasteiger partial charge is 0.430 e. The Kier molecular flexibility index (Phi) is 6.48. The third kappa shape index (κ3) is 5.56. The quantitative estimate of drug-likeness (QED) is 0.601. The first-order valence-electron chi connectivity index (χ1n) is 11.8. The van der Waals surface area contributed by atoms with Crippen LogP contribution >= 0.6 is 0 Å². The first-order valence-corrected chi connectivity index (χ1v) is 11.8. The highest BCUT2D eigenvalue weighted by Crippen LogP contribution is 2.36. The molecule has 1 amide bonds. The molecular weight excluding hydrogens is 414 g/mol. The summed E-state index contributed by atoms with van der Waals surface area (Å²) in [5.74, 6) is 0.511. The summed E-state index contributed by atoms with van der Waals surface area (Å²) in [6.07, 6.45) is 1.84. The molecule has 0 radical (unpaired) electrons. The van der Waals surface area contributed by atoms with Crippen LogP contribution in [0.3, 0.4) is 0 Å². The molecule has 2 aliphatic rings. The Morgan fingerprint density at radius 1 is 1.06 bits per heavy atom. The minimum atomic E-state index is -0.469. The van der Waals surface area contributed by atoms with Crippen molar-refractivity contribution < 1.29 is 14.5 Å². The lowest BCUT2D eigenvalue weighted by Gasteiger charge is -2.35. The molecule has 176 valence electrons. The minimum absolute atomic E-state index is 0.0756. The first kappa shape index (κ1) is 23.3. The molecule has 6 nitrogen and oxygen atoms in total. The number of hydrogen-bond donors (Lipinski definition) is 1. The van der Waals surface area contributed by atoms with Gasteiger partial charge in [0.2, 0.25) is 0 Å². The number of carbonyl (C=O) groups excluding carboxylic acids is 1. The van der Waals surface area contributed by atoms with E-state index in [9.17, 15) is 4.79 Å². The van der Waals surface area contributed by atoms with E-state index in [-0.39, 0.29) is 11.0 Å². The zero-order valence-corrected chi connectivity index (χ0v) is 20.4. The first-order chi connectivity index (χ1) is 15.6. The summed E-state index contributed by atoms with van der Waals surface area (Å²) in [4.78, 5) is 23.8. The molecule has 0 atom stereocenters. The molecule has 1 spiro atoms. The van der Waals surface area contributed by atoms with E-state index in [4.69, 9.17) is 9.68 Å². The van der Waals surface area contributed by atoms with Crippen LogP contribution in [-0.2, 0) is 15.1 Å². The van der Waals surface area contributed by atoms with Gasteiger partial charge < -0.3 is 9.68 Å². The number of carbonyl (C=O) groups is 1. The number of hydroxylamine groups is 2. The van der Waals surface area contributed by atoms with Gasteiger partial charge in [-0.3, -0.25) is 5.32 Å². The number of rotatable bonds is 4. The van der Waals surface area contributed by atoms with E-state index in [2.05, 4.69) is 69.4 Å². The Labute approximate surface area is 196 Å². The standard InChI is InChI=1S/C27H35N3O3/c1-19(2)20-6-8-21(9-7-20)24-18-27(33-29-24)14-16-30(17-15-27)32-25(31)28-23-12-10-22(11-13-23)26(3,4)5/h6-13,19H,14-18H2,1-5H3,(H,28,31). The van der Waals surface area contributed by atoms with Crippen LogP contribution in [0.15, 0.2) is 53.7 Å². The Hall–Kier alpha value is -2.86. The second kappa shape index (κ2) is 9.18. The van der Waals surface area contributed by atoms with Crippen LogP contribution in [0.5, 0.6) is 0 Å².